The van der Waals surface area contributed by atoms with Gasteiger partial charge in [-0.2, -0.15) is 0 Å². The van der Waals surface area contributed by atoms with Crippen LogP contribution in [0.2, 0.25) is 0 Å². The van der Waals surface area contributed by atoms with Crippen LogP contribution in [-0.2, 0) is 16.0 Å². The van der Waals surface area contributed by atoms with Gasteiger partial charge in [-0.3, -0.25) is 4.79 Å². The first kappa shape index (κ1) is 13.3. The Bertz CT molecular complexity index is 510. The maximum Gasteiger partial charge on any atom is 0.309 e. The highest BCUT2D eigenvalue weighted by Crippen LogP contribution is 2.41. The van der Waals surface area contributed by atoms with Gasteiger partial charge >= 0.3 is 5.97 Å². The number of aryl methyl sites for hydroxylation is 1. The Balaban J connectivity index is 1.67. The first-order chi connectivity index (χ1) is 9.67. The van der Waals surface area contributed by atoms with Crippen molar-refractivity contribution in [2.45, 2.75) is 38.2 Å². The Morgan fingerprint density at radius 1 is 1.45 bits per heavy atom. The van der Waals surface area contributed by atoms with E-state index in [-0.39, 0.29) is 18.0 Å². The van der Waals surface area contributed by atoms with Crippen molar-refractivity contribution in [2.24, 2.45) is 11.8 Å². The van der Waals surface area contributed by atoms with Crippen LogP contribution >= 0.6 is 0 Å². The first-order valence-electron chi connectivity index (χ1n) is 7.30. The normalized spacial score (nSPS) is 22.6. The minimum Gasteiger partial charge on any atom is -0.490 e. The third-order valence-corrected chi connectivity index (χ3v) is 4.33. The average molecular weight is 275 g/mol. The van der Waals surface area contributed by atoms with Crippen LogP contribution in [0.25, 0.3) is 0 Å². The van der Waals surface area contributed by atoms with Crippen LogP contribution in [0.15, 0.2) is 18.2 Å². The molecule has 1 aliphatic heterocycles. The summed E-state index contributed by atoms with van der Waals surface area (Å²) in [6.07, 6.45) is 5.05. The van der Waals surface area contributed by atoms with Gasteiger partial charge in [-0.05, 0) is 61.8 Å². The lowest BCUT2D eigenvalue weighted by atomic mass is 9.91. The number of hydrogen-bond donors (Lipinski definition) is 1. The number of rotatable bonds is 4. The highest BCUT2D eigenvalue weighted by atomic mass is 16.5. The fourth-order valence-corrected chi connectivity index (χ4v) is 3.04. The SMILES string of the molecule is COC(=O)C(C[C@H]1CCc2cc(N)ccc2O1)C1CC1. The molecule has 20 heavy (non-hydrogen) atoms. The molecule has 1 saturated carbocycles. The van der Waals surface area contributed by atoms with Gasteiger partial charge in [0.1, 0.15) is 5.75 Å². The van der Waals surface area contributed by atoms with E-state index in [4.69, 9.17) is 15.2 Å². The second-order valence-corrected chi connectivity index (χ2v) is 5.85. The zero-order valence-electron chi connectivity index (χ0n) is 11.8. The van der Waals surface area contributed by atoms with Gasteiger partial charge in [0.2, 0.25) is 0 Å². The third kappa shape index (κ3) is 2.74. The van der Waals surface area contributed by atoms with E-state index in [1.165, 1.54) is 12.7 Å². The number of methoxy groups -OCH3 is 1. The molecule has 1 unspecified atom stereocenters. The van der Waals surface area contributed by atoms with Gasteiger partial charge in [0, 0.05) is 5.69 Å². The zero-order valence-corrected chi connectivity index (χ0v) is 11.8. The molecule has 1 aromatic carbocycles. The Kier molecular flexibility index (Phi) is 3.55. The van der Waals surface area contributed by atoms with E-state index in [0.717, 1.165) is 43.5 Å². The summed E-state index contributed by atoms with van der Waals surface area (Å²) in [5.41, 5.74) is 7.73. The Morgan fingerprint density at radius 2 is 2.25 bits per heavy atom. The maximum atomic E-state index is 11.9. The van der Waals surface area contributed by atoms with Crippen molar-refractivity contribution in [3.8, 4) is 5.75 Å². The summed E-state index contributed by atoms with van der Waals surface area (Å²) >= 11 is 0. The summed E-state index contributed by atoms with van der Waals surface area (Å²) in [7, 11) is 1.47. The molecular weight excluding hydrogens is 254 g/mol. The number of fused-ring (bicyclic) bond motifs is 1. The van der Waals surface area contributed by atoms with Gasteiger partial charge in [0.25, 0.3) is 0 Å². The molecule has 0 spiro atoms. The Labute approximate surface area is 119 Å². The average Bonchev–Trinajstić information content (AvgIpc) is 3.28. The fraction of sp³-hybridized carbons (Fsp3) is 0.562. The molecule has 3 rings (SSSR count). The number of carbonyl (C=O) groups excluding carboxylic acids is 1. The van der Waals surface area contributed by atoms with Gasteiger partial charge in [-0.15, -0.1) is 0 Å². The lowest BCUT2D eigenvalue weighted by molar-refractivity contribution is -0.147. The molecular formula is C16H21NO3. The van der Waals surface area contributed by atoms with Crippen molar-refractivity contribution in [1.29, 1.82) is 0 Å². The highest BCUT2D eigenvalue weighted by Gasteiger charge is 2.39. The van der Waals surface area contributed by atoms with Crippen LogP contribution in [0.3, 0.4) is 0 Å². The molecule has 1 aliphatic carbocycles. The number of nitrogen functional groups attached to an aromatic ring is 1. The topological polar surface area (TPSA) is 61.5 Å². The summed E-state index contributed by atoms with van der Waals surface area (Å²) in [6.45, 7) is 0. The van der Waals surface area contributed by atoms with Gasteiger partial charge in [-0.1, -0.05) is 0 Å². The summed E-state index contributed by atoms with van der Waals surface area (Å²) in [5.74, 6) is 1.33. The number of nitrogens with two attached hydrogens (primary N) is 1. The zero-order chi connectivity index (χ0) is 14.1. The predicted molar refractivity (Wildman–Crippen MR) is 76.4 cm³/mol. The molecule has 1 aromatic rings. The molecule has 4 nitrogen and oxygen atoms in total. The van der Waals surface area contributed by atoms with Crippen molar-refractivity contribution in [1.82, 2.24) is 0 Å². The number of anilines is 1. The maximum absolute atomic E-state index is 11.9. The molecule has 1 fully saturated rings. The highest BCUT2D eigenvalue weighted by molar-refractivity contribution is 5.73. The quantitative estimate of drug-likeness (QED) is 0.677. The van der Waals surface area contributed by atoms with Gasteiger partial charge in [0.05, 0.1) is 19.1 Å². The van der Waals surface area contributed by atoms with Crippen molar-refractivity contribution in [3.05, 3.63) is 23.8 Å². The van der Waals surface area contributed by atoms with Crippen LogP contribution in [-0.4, -0.2) is 19.2 Å². The van der Waals surface area contributed by atoms with Crippen LogP contribution < -0.4 is 10.5 Å². The second kappa shape index (κ2) is 5.35. The van der Waals surface area contributed by atoms with Gasteiger partial charge in [-0.25, -0.2) is 0 Å². The number of hydrogen-bond acceptors (Lipinski definition) is 4. The third-order valence-electron chi connectivity index (χ3n) is 4.33. The number of carbonyl (C=O) groups is 1. The van der Waals surface area contributed by atoms with E-state index in [0.29, 0.717) is 5.92 Å². The van der Waals surface area contributed by atoms with E-state index in [2.05, 4.69) is 0 Å². The first-order valence-corrected chi connectivity index (χ1v) is 7.30. The van der Waals surface area contributed by atoms with Crippen LogP contribution in [0, 0.1) is 11.8 Å². The van der Waals surface area contributed by atoms with E-state index >= 15 is 0 Å². The molecule has 0 saturated heterocycles. The molecule has 0 bridgehead atoms. The van der Waals surface area contributed by atoms with Crippen molar-refractivity contribution < 1.29 is 14.3 Å². The standard InChI is InChI=1S/C16H21NO3/c1-19-16(18)14(10-2-3-10)9-13-6-4-11-8-12(17)5-7-15(11)20-13/h5,7-8,10,13-14H,2-4,6,9,17H2,1H3/t13-,14?/m1/s1. The van der Waals surface area contributed by atoms with E-state index in [1.807, 2.05) is 18.2 Å². The summed E-state index contributed by atoms with van der Waals surface area (Å²) in [5, 5.41) is 0. The van der Waals surface area contributed by atoms with Crippen molar-refractivity contribution >= 4 is 11.7 Å². The minimum absolute atomic E-state index is 0.000307. The van der Waals surface area contributed by atoms with Crippen LogP contribution in [0.4, 0.5) is 5.69 Å². The number of esters is 1. The molecule has 0 radical (unpaired) electrons. The number of benzene rings is 1. The summed E-state index contributed by atoms with van der Waals surface area (Å²) in [4.78, 5) is 11.9. The minimum atomic E-state index is -0.0841. The lowest BCUT2D eigenvalue weighted by Gasteiger charge is -2.28. The monoisotopic (exact) mass is 275 g/mol. The molecule has 4 heteroatoms. The number of ether oxygens (including phenoxy) is 2. The Morgan fingerprint density at radius 3 is 2.95 bits per heavy atom. The second-order valence-electron chi connectivity index (χ2n) is 5.85. The van der Waals surface area contributed by atoms with Crippen molar-refractivity contribution in [3.63, 3.8) is 0 Å². The molecule has 0 aromatic heterocycles. The summed E-state index contributed by atoms with van der Waals surface area (Å²) in [6, 6.07) is 5.77. The van der Waals surface area contributed by atoms with E-state index in [1.54, 1.807) is 0 Å². The van der Waals surface area contributed by atoms with E-state index in [9.17, 15) is 4.79 Å². The van der Waals surface area contributed by atoms with Crippen LogP contribution in [0.5, 0.6) is 5.75 Å². The Hall–Kier alpha value is -1.71. The van der Waals surface area contributed by atoms with E-state index < -0.39 is 0 Å². The molecule has 0 amide bonds. The molecule has 2 N–H and O–H groups in total. The largest absolute Gasteiger partial charge is 0.490 e. The lowest BCUT2D eigenvalue weighted by Crippen LogP contribution is -2.30. The fourth-order valence-electron chi connectivity index (χ4n) is 3.04. The van der Waals surface area contributed by atoms with Crippen LogP contribution in [0.1, 0.15) is 31.2 Å². The molecule has 108 valence electrons. The molecule has 2 aliphatic rings. The van der Waals surface area contributed by atoms with Gasteiger partial charge < -0.3 is 15.2 Å². The predicted octanol–water partition coefficient (Wildman–Crippen LogP) is 2.55. The van der Waals surface area contributed by atoms with Gasteiger partial charge in [0.15, 0.2) is 0 Å². The van der Waals surface area contributed by atoms with Crippen molar-refractivity contribution in [2.75, 3.05) is 12.8 Å². The molecule has 1 heterocycles. The summed E-state index contributed by atoms with van der Waals surface area (Å²) < 4.78 is 11.0. The molecule has 2 atom stereocenters. The smallest absolute Gasteiger partial charge is 0.309 e.